The van der Waals surface area contributed by atoms with E-state index in [1.807, 2.05) is 4.90 Å². The molecule has 2 amide bonds. The van der Waals surface area contributed by atoms with Crippen molar-refractivity contribution < 1.29 is 9.53 Å². The minimum Gasteiger partial charge on any atom is -0.490 e. The predicted octanol–water partition coefficient (Wildman–Crippen LogP) is 3.66. The van der Waals surface area contributed by atoms with Crippen LogP contribution in [0.5, 0.6) is 5.75 Å². The molecule has 2 saturated carbocycles. The number of hydrogen-bond donors (Lipinski definition) is 0. The number of urea groups is 1. The third-order valence-electron chi connectivity index (χ3n) is 7.24. The first-order valence-electron chi connectivity index (χ1n) is 11.3. The monoisotopic (exact) mass is 383 g/mol. The van der Waals surface area contributed by atoms with Crippen LogP contribution >= 0.6 is 0 Å². The second kappa shape index (κ2) is 7.94. The van der Waals surface area contributed by atoms with Crippen LogP contribution in [-0.2, 0) is 13.0 Å². The third-order valence-corrected chi connectivity index (χ3v) is 7.24. The third kappa shape index (κ3) is 3.73. The Hall–Kier alpha value is -1.75. The van der Waals surface area contributed by atoms with Gasteiger partial charge in [-0.05, 0) is 68.2 Å². The van der Waals surface area contributed by atoms with E-state index in [4.69, 9.17) is 4.74 Å². The molecule has 152 valence electrons. The normalized spacial score (nSPS) is 24.1. The molecule has 3 fully saturated rings. The summed E-state index contributed by atoms with van der Waals surface area (Å²) in [4.78, 5) is 19.7. The van der Waals surface area contributed by atoms with Crippen LogP contribution in [-0.4, -0.2) is 65.6 Å². The van der Waals surface area contributed by atoms with Gasteiger partial charge in [-0.1, -0.05) is 12.5 Å². The lowest BCUT2D eigenvalue weighted by atomic mass is 9.91. The quantitative estimate of drug-likeness (QED) is 0.799. The van der Waals surface area contributed by atoms with Gasteiger partial charge in [-0.3, -0.25) is 4.90 Å². The van der Waals surface area contributed by atoms with E-state index in [-0.39, 0.29) is 6.03 Å². The molecule has 1 aromatic rings. The highest BCUT2D eigenvalue weighted by Crippen LogP contribution is 2.29. The number of carbonyl (C=O) groups excluding carboxylic acids is 1. The number of ether oxygens (including phenoxy) is 1. The van der Waals surface area contributed by atoms with Crippen molar-refractivity contribution in [1.82, 2.24) is 14.7 Å². The fourth-order valence-electron chi connectivity index (χ4n) is 5.19. The van der Waals surface area contributed by atoms with Gasteiger partial charge in [0, 0.05) is 45.3 Å². The molecule has 2 aliphatic carbocycles. The average molecular weight is 384 g/mol. The smallest absolute Gasteiger partial charge is 0.320 e. The fraction of sp³-hybridized carbons (Fsp3) is 0.696. The Bertz CT molecular complexity index is 704. The van der Waals surface area contributed by atoms with E-state index in [0.29, 0.717) is 6.10 Å². The highest BCUT2D eigenvalue weighted by molar-refractivity contribution is 5.75. The van der Waals surface area contributed by atoms with Crippen LogP contribution in [0.4, 0.5) is 4.79 Å². The molecule has 5 heteroatoms. The van der Waals surface area contributed by atoms with Crippen LogP contribution < -0.4 is 4.74 Å². The second-order valence-electron chi connectivity index (χ2n) is 9.02. The van der Waals surface area contributed by atoms with E-state index >= 15 is 0 Å². The van der Waals surface area contributed by atoms with Crippen LogP contribution in [0.15, 0.2) is 18.2 Å². The van der Waals surface area contributed by atoms with Gasteiger partial charge in [0.1, 0.15) is 5.75 Å². The topological polar surface area (TPSA) is 36.0 Å². The number of amides is 2. The summed E-state index contributed by atoms with van der Waals surface area (Å²) in [6.07, 6.45) is 10.4. The first-order chi connectivity index (χ1) is 13.8. The lowest BCUT2D eigenvalue weighted by Gasteiger charge is -2.44. The SMILES string of the molecule is O=C(N1CCN(C2CCC2)CC1)N1CCc2cc(OC3CCCC3)ccc2C1. The summed E-state index contributed by atoms with van der Waals surface area (Å²) in [5.74, 6) is 1.01. The van der Waals surface area contributed by atoms with Gasteiger partial charge in [-0.25, -0.2) is 4.79 Å². The van der Waals surface area contributed by atoms with E-state index in [1.54, 1.807) is 0 Å². The number of benzene rings is 1. The molecule has 0 N–H and O–H groups in total. The van der Waals surface area contributed by atoms with Crippen LogP contribution in [0.1, 0.15) is 56.1 Å². The highest BCUT2D eigenvalue weighted by Gasteiger charge is 2.32. The first-order valence-corrected chi connectivity index (χ1v) is 11.3. The van der Waals surface area contributed by atoms with E-state index in [0.717, 1.165) is 57.5 Å². The van der Waals surface area contributed by atoms with E-state index in [9.17, 15) is 4.79 Å². The summed E-state index contributed by atoms with van der Waals surface area (Å²) in [6.45, 7) is 5.41. The van der Waals surface area contributed by atoms with E-state index in [1.165, 1.54) is 56.1 Å². The lowest BCUT2D eigenvalue weighted by molar-refractivity contribution is 0.0623. The van der Waals surface area contributed by atoms with Gasteiger partial charge in [0.2, 0.25) is 0 Å². The summed E-state index contributed by atoms with van der Waals surface area (Å²) in [6, 6.07) is 7.51. The number of hydrogen-bond acceptors (Lipinski definition) is 3. The fourth-order valence-corrected chi connectivity index (χ4v) is 5.19. The average Bonchev–Trinajstić information content (AvgIpc) is 3.19. The molecule has 4 aliphatic rings. The standard InChI is InChI=1S/C23H33N3O2/c27-23(25-14-12-24(13-15-25)20-4-3-5-20)26-11-10-18-16-22(9-8-19(18)17-26)28-21-6-1-2-7-21/h8-9,16,20-21H,1-7,10-15,17H2. The molecular weight excluding hydrogens is 350 g/mol. The second-order valence-corrected chi connectivity index (χ2v) is 9.02. The van der Waals surface area contributed by atoms with Crippen molar-refractivity contribution in [2.75, 3.05) is 32.7 Å². The van der Waals surface area contributed by atoms with Crippen molar-refractivity contribution in [2.45, 2.75) is 70.1 Å². The van der Waals surface area contributed by atoms with Crippen LogP contribution in [0.25, 0.3) is 0 Å². The van der Waals surface area contributed by atoms with Gasteiger partial charge in [-0.2, -0.15) is 0 Å². The largest absolute Gasteiger partial charge is 0.490 e. The Morgan fingerprint density at radius 1 is 0.857 bits per heavy atom. The summed E-state index contributed by atoms with van der Waals surface area (Å²) in [5, 5.41) is 0. The lowest BCUT2D eigenvalue weighted by Crippen LogP contribution is -2.56. The first kappa shape index (κ1) is 18.3. The zero-order chi connectivity index (χ0) is 18.9. The molecule has 1 aromatic carbocycles. The molecule has 5 rings (SSSR count). The number of nitrogens with zero attached hydrogens (tertiary/aromatic N) is 3. The van der Waals surface area contributed by atoms with Gasteiger partial charge >= 0.3 is 6.03 Å². The highest BCUT2D eigenvalue weighted by atomic mass is 16.5. The molecule has 0 spiro atoms. The zero-order valence-corrected chi connectivity index (χ0v) is 16.9. The Morgan fingerprint density at radius 2 is 1.64 bits per heavy atom. The molecule has 0 atom stereocenters. The van der Waals surface area contributed by atoms with Gasteiger partial charge in [-0.15, -0.1) is 0 Å². The molecule has 28 heavy (non-hydrogen) atoms. The van der Waals surface area contributed by atoms with Crippen LogP contribution in [0, 0.1) is 0 Å². The molecule has 0 bridgehead atoms. The van der Waals surface area contributed by atoms with Gasteiger partial charge in [0.15, 0.2) is 0 Å². The van der Waals surface area contributed by atoms with Crippen molar-refractivity contribution in [3.63, 3.8) is 0 Å². The van der Waals surface area contributed by atoms with Crippen molar-refractivity contribution >= 4 is 6.03 Å². The molecule has 2 heterocycles. The van der Waals surface area contributed by atoms with Crippen molar-refractivity contribution in [2.24, 2.45) is 0 Å². The molecule has 2 aliphatic heterocycles. The maximum atomic E-state index is 13.0. The number of fused-ring (bicyclic) bond motifs is 1. The molecule has 0 radical (unpaired) electrons. The summed E-state index contributed by atoms with van der Waals surface area (Å²) < 4.78 is 6.16. The number of piperazine rings is 1. The van der Waals surface area contributed by atoms with Gasteiger partial charge in [0.05, 0.1) is 6.10 Å². The Labute approximate surface area is 168 Å². The minimum atomic E-state index is 0.227. The minimum absolute atomic E-state index is 0.227. The van der Waals surface area contributed by atoms with Gasteiger partial charge < -0.3 is 14.5 Å². The zero-order valence-electron chi connectivity index (χ0n) is 16.9. The van der Waals surface area contributed by atoms with Gasteiger partial charge in [0.25, 0.3) is 0 Å². The number of rotatable bonds is 3. The molecule has 0 aromatic heterocycles. The Kier molecular flexibility index (Phi) is 5.19. The van der Waals surface area contributed by atoms with Crippen LogP contribution in [0.2, 0.25) is 0 Å². The van der Waals surface area contributed by atoms with E-state index in [2.05, 4.69) is 28.0 Å². The maximum absolute atomic E-state index is 13.0. The number of carbonyl (C=O) groups is 1. The maximum Gasteiger partial charge on any atom is 0.320 e. The molecular formula is C23H33N3O2. The molecule has 0 unspecified atom stereocenters. The van der Waals surface area contributed by atoms with Crippen molar-refractivity contribution in [3.05, 3.63) is 29.3 Å². The summed E-state index contributed by atoms with van der Waals surface area (Å²) in [7, 11) is 0. The van der Waals surface area contributed by atoms with Crippen LogP contribution in [0.3, 0.4) is 0 Å². The Morgan fingerprint density at radius 3 is 2.36 bits per heavy atom. The summed E-state index contributed by atoms with van der Waals surface area (Å²) >= 11 is 0. The molecule has 5 nitrogen and oxygen atoms in total. The molecule has 1 saturated heterocycles. The van der Waals surface area contributed by atoms with Crippen molar-refractivity contribution in [3.8, 4) is 5.75 Å². The summed E-state index contributed by atoms with van der Waals surface area (Å²) in [5.41, 5.74) is 2.64. The Balaban J connectivity index is 1.17. The van der Waals surface area contributed by atoms with Crippen molar-refractivity contribution in [1.29, 1.82) is 0 Å². The van der Waals surface area contributed by atoms with E-state index < -0.39 is 0 Å². The predicted molar refractivity (Wildman–Crippen MR) is 110 cm³/mol.